The summed E-state index contributed by atoms with van der Waals surface area (Å²) in [6, 6.07) is 0. The smallest absolute Gasteiger partial charge is 0.337 e. The number of carbonyl (C=O) groups is 1. The van der Waals surface area contributed by atoms with Gasteiger partial charge in [0.05, 0.1) is 13.7 Å². The molecule has 0 saturated heterocycles. The molecule has 0 aliphatic carbocycles. The highest BCUT2D eigenvalue weighted by molar-refractivity contribution is 5.85. The third-order valence-electron chi connectivity index (χ3n) is 0.994. The summed E-state index contributed by atoms with van der Waals surface area (Å²) in [7, 11) is 1.08. The zero-order valence-corrected chi connectivity index (χ0v) is 6.74. The van der Waals surface area contributed by atoms with E-state index >= 15 is 0 Å². The molecule has 0 bridgehead atoms. The molecule has 3 N–H and O–H groups in total. The quantitative estimate of drug-likeness (QED) is 0.457. The Morgan fingerprint density at radius 3 is 2.27 bits per heavy atom. The van der Waals surface area contributed by atoms with Crippen LogP contribution < -0.4 is 0 Å². The molecular formula is C5H11ClO5. The number of halogens is 1. The van der Waals surface area contributed by atoms with E-state index in [0.29, 0.717) is 0 Å². The number of methoxy groups -OCH3 is 1. The van der Waals surface area contributed by atoms with Gasteiger partial charge in [0, 0.05) is 0 Å². The van der Waals surface area contributed by atoms with Crippen molar-refractivity contribution in [3.8, 4) is 0 Å². The number of aliphatic hydroxyl groups is 3. The monoisotopic (exact) mass is 186 g/mol. The Labute approximate surface area is 70.0 Å². The molecule has 0 aliphatic rings. The topological polar surface area (TPSA) is 87.0 Å². The fourth-order valence-electron chi connectivity index (χ4n) is 0.378. The fourth-order valence-corrected chi connectivity index (χ4v) is 0.378. The lowest BCUT2D eigenvalue weighted by Crippen LogP contribution is -2.37. The van der Waals surface area contributed by atoms with Crippen molar-refractivity contribution in [1.82, 2.24) is 0 Å². The van der Waals surface area contributed by atoms with Gasteiger partial charge in [-0.2, -0.15) is 0 Å². The first kappa shape index (κ1) is 13.2. The molecule has 0 heterocycles. The predicted octanol–water partition coefficient (Wildman–Crippen LogP) is -1.70. The maximum absolute atomic E-state index is 10.4. The minimum absolute atomic E-state index is 0. The highest BCUT2D eigenvalue weighted by Crippen LogP contribution is 1.93. The van der Waals surface area contributed by atoms with Crippen LogP contribution in [0.1, 0.15) is 0 Å². The third kappa shape index (κ3) is 4.15. The lowest BCUT2D eigenvalue weighted by Gasteiger charge is -2.11. The van der Waals surface area contributed by atoms with Crippen LogP contribution in [0.4, 0.5) is 0 Å². The van der Waals surface area contributed by atoms with Gasteiger partial charge in [0.2, 0.25) is 0 Å². The van der Waals surface area contributed by atoms with Gasteiger partial charge in [0.15, 0.2) is 6.10 Å². The summed E-state index contributed by atoms with van der Waals surface area (Å²) < 4.78 is 4.07. The van der Waals surface area contributed by atoms with E-state index in [9.17, 15) is 4.79 Å². The first-order valence-electron chi connectivity index (χ1n) is 2.68. The van der Waals surface area contributed by atoms with E-state index in [2.05, 4.69) is 4.74 Å². The molecule has 0 aromatic rings. The molecule has 0 unspecified atom stereocenters. The van der Waals surface area contributed by atoms with Crippen LogP contribution in [0.15, 0.2) is 0 Å². The normalized spacial score (nSPS) is 14.5. The molecular weight excluding hydrogens is 176 g/mol. The van der Waals surface area contributed by atoms with Crippen LogP contribution in [0.5, 0.6) is 0 Å². The number of carbonyl (C=O) groups excluding carboxylic acids is 1. The largest absolute Gasteiger partial charge is 0.467 e. The fraction of sp³-hybridized carbons (Fsp3) is 0.800. The van der Waals surface area contributed by atoms with Gasteiger partial charge in [-0.05, 0) is 0 Å². The summed E-state index contributed by atoms with van der Waals surface area (Å²) in [6.45, 7) is -0.670. The zero-order chi connectivity index (χ0) is 8.15. The molecule has 0 saturated carbocycles. The van der Waals surface area contributed by atoms with Gasteiger partial charge in [-0.1, -0.05) is 0 Å². The maximum Gasteiger partial charge on any atom is 0.337 e. The molecule has 0 aromatic carbocycles. The lowest BCUT2D eigenvalue weighted by atomic mass is 10.2. The first-order valence-corrected chi connectivity index (χ1v) is 2.68. The van der Waals surface area contributed by atoms with E-state index < -0.39 is 24.8 Å². The van der Waals surface area contributed by atoms with Crippen LogP contribution >= 0.6 is 12.4 Å². The molecule has 0 aromatic heterocycles. The van der Waals surface area contributed by atoms with Crippen molar-refractivity contribution in [2.75, 3.05) is 13.7 Å². The minimum Gasteiger partial charge on any atom is -0.467 e. The van der Waals surface area contributed by atoms with Gasteiger partial charge in [0.25, 0.3) is 0 Å². The summed E-state index contributed by atoms with van der Waals surface area (Å²) >= 11 is 0. The van der Waals surface area contributed by atoms with Crippen LogP contribution in [0, 0.1) is 0 Å². The number of esters is 1. The van der Waals surface area contributed by atoms with Gasteiger partial charge in [0.1, 0.15) is 6.10 Å². The molecule has 5 nitrogen and oxygen atoms in total. The van der Waals surface area contributed by atoms with Gasteiger partial charge >= 0.3 is 5.97 Å². The number of hydrogen-bond acceptors (Lipinski definition) is 5. The van der Waals surface area contributed by atoms with E-state index in [4.69, 9.17) is 15.3 Å². The maximum atomic E-state index is 10.4. The summed E-state index contributed by atoms with van der Waals surface area (Å²) in [5.74, 6) is -0.957. The van der Waals surface area contributed by atoms with E-state index in [-0.39, 0.29) is 12.4 Å². The number of hydrogen-bond donors (Lipinski definition) is 3. The molecule has 6 heteroatoms. The second-order valence-electron chi connectivity index (χ2n) is 1.72. The van der Waals surface area contributed by atoms with Gasteiger partial charge in [-0.15, -0.1) is 12.4 Å². The van der Waals surface area contributed by atoms with Crippen molar-refractivity contribution in [2.45, 2.75) is 12.2 Å². The van der Waals surface area contributed by atoms with Gasteiger partial charge in [-0.25, -0.2) is 4.79 Å². The van der Waals surface area contributed by atoms with Crippen LogP contribution in [-0.4, -0.2) is 47.2 Å². The summed E-state index contributed by atoms with van der Waals surface area (Å²) in [5, 5.41) is 25.6. The average Bonchev–Trinajstić information content (AvgIpc) is 2.00. The Balaban J connectivity index is 0. The second-order valence-corrected chi connectivity index (χ2v) is 1.72. The van der Waals surface area contributed by atoms with E-state index in [1.807, 2.05) is 0 Å². The van der Waals surface area contributed by atoms with Crippen LogP contribution in [0.2, 0.25) is 0 Å². The van der Waals surface area contributed by atoms with E-state index in [1.165, 1.54) is 0 Å². The van der Waals surface area contributed by atoms with E-state index in [0.717, 1.165) is 7.11 Å². The SMILES string of the molecule is COC(=O)[C@H](O)[C@@H](O)CO.Cl. The summed E-state index contributed by atoms with van der Waals surface area (Å²) in [6.07, 6.45) is -3.12. The number of ether oxygens (including phenoxy) is 1. The molecule has 2 atom stereocenters. The van der Waals surface area contributed by atoms with Gasteiger partial charge < -0.3 is 20.1 Å². The average molecular weight is 187 g/mol. The van der Waals surface area contributed by atoms with Crippen molar-refractivity contribution in [3.05, 3.63) is 0 Å². The lowest BCUT2D eigenvalue weighted by molar-refractivity contribution is -0.158. The number of aliphatic hydroxyl groups excluding tert-OH is 3. The summed E-state index contributed by atoms with van der Waals surface area (Å²) in [4.78, 5) is 10.4. The highest BCUT2D eigenvalue weighted by Gasteiger charge is 2.23. The van der Waals surface area contributed by atoms with Crippen molar-refractivity contribution in [1.29, 1.82) is 0 Å². The Morgan fingerprint density at radius 2 is 2.00 bits per heavy atom. The van der Waals surface area contributed by atoms with Crippen molar-refractivity contribution >= 4 is 18.4 Å². The van der Waals surface area contributed by atoms with Crippen LogP contribution in [-0.2, 0) is 9.53 Å². The molecule has 68 valence electrons. The van der Waals surface area contributed by atoms with Crippen LogP contribution in [0.3, 0.4) is 0 Å². The predicted molar refractivity (Wildman–Crippen MR) is 38.4 cm³/mol. The molecule has 0 aliphatic heterocycles. The molecule has 11 heavy (non-hydrogen) atoms. The van der Waals surface area contributed by atoms with Crippen molar-refractivity contribution in [2.24, 2.45) is 0 Å². The Hall–Kier alpha value is -0.360. The first-order chi connectivity index (χ1) is 4.63. The minimum atomic E-state index is -1.66. The van der Waals surface area contributed by atoms with Crippen LogP contribution in [0.25, 0.3) is 0 Å². The molecule has 0 amide bonds. The molecule has 0 spiro atoms. The Kier molecular flexibility index (Phi) is 7.65. The van der Waals surface area contributed by atoms with Gasteiger partial charge in [-0.3, -0.25) is 0 Å². The highest BCUT2D eigenvalue weighted by atomic mass is 35.5. The molecule has 0 fully saturated rings. The standard InChI is InChI=1S/C5H10O5.ClH/c1-10-5(9)4(8)3(7)2-6;/h3-4,6-8H,2H2,1H3;1H/t3-,4+;/m0./s1. The number of rotatable bonds is 3. The van der Waals surface area contributed by atoms with Crippen molar-refractivity contribution < 1.29 is 24.9 Å². The molecule has 0 rings (SSSR count). The summed E-state index contributed by atoms with van der Waals surface area (Å²) in [5.41, 5.74) is 0. The molecule has 0 radical (unpaired) electrons. The zero-order valence-electron chi connectivity index (χ0n) is 5.93. The second kappa shape index (κ2) is 6.36. The van der Waals surface area contributed by atoms with Crippen molar-refractivity contribution in [3.63, 3.8) is 0 Å². The third-order valence-corrected chi connectivity index (χ3v) is 0.994. The Morgan fingerprint density at radius 1 is 1.55 bits per heavy atom. The van der Waals surface area contributed by atoms with E-state index in [1.54, 1.807) is 0 Å². The Bertz CT molecular complexity index is 117.